The lowest BCUT2D eigenvalue weighted by Crippen LogP contribution is -1.92. The van der Waals surface area contributed by atoms with E-state index in [2.05, 4.69) is 0 Å². The first kappa shape index (κ1) is 13.1. The second-order valence-corrected chi connectivity index (χ2v) is 6.35. The van der Waals surface area contributed by atoms with Gasteiger partial charge in [0.15, 0.2) is 0 Å². The Bertz CT molecular complexity index is 719. The molecule has 0 spiro atoms. The third-order valence-corrected chi connectivity index (χ3v) is 3.96. The normalized spacial score (nSPS) is 12.6. The molecule has 6 heteroatoms. The van der Waals surface area contributed by atoms with E-state index in [1.54, 1.807) is 10.6 Å². The van der Waals surface area contributed by atoms with Gasteiger partial charge >= 0.3 is 0 Å². The Morgan fingerprint density at radius 3 is 2.78 bits per heavy atom. The van der Waals surface area contributed by atoms with Crippen LogP contribution in [0.1, 0.15) is 6.92 Å². The van der Waals surface area contributed by atoms with Crippen LogP contribution in [0.15, 0.2) is 41.4 Å². The van der Waals surface area contributed by atoms with Crippen LogP contribution in [0.2, 0.25) is 0 Å². The Labute approximate surface area is 109 Å². The Morgan fingerprint density at radius 2 is 2.17 bits per heavy atom. The van der Waals surface area contributed by atoms with E-state index in [9.17, 15) is 12.8 Å². The maximum absolute atomic E-state index is 13.2. The summed E-state index contributed by atoms with van der Waals surface area (Å²) in [6.07, 6.45) is 5.14. The largest absolute Gasteiger partial charge is 0.342 e. The number of allylic oxidation sites excluding steroid dienone is 2. The summed E-state index contributed by atoms with van der Waals surface area (Å²) in [6.45, 7) is 2.37. The molecule has 0 saturated heterocycles. The van der Waals surface area contributed by atoms with Crippen LogP contribution in [0.25, 0.3) is 10.9 Å². The van der Waals surface area contributed by atoms with E-state index in [0.29, 0.717) is 17.4 Å². The fourth-order valence-electron chi connectivity index (χ4n) is 1.80. The van der Waals surface area contributed by atoms with Crippen molar-refractivity contribution in [3.63, 3.8) is 0 Å². The first-order chi connectivity index (χ1) is 8.43. The maximum atomic E-state index is 13.2. The highest BCUT2D eigenvalue weighted by Crippen LogP contribution is 2.28. The van der Waals surface area contributed by atoms with Crippen molar-refractivity contribution >= 4 is 30.6 Å². The SMILES string of the molecule is C/C=C/Cn1cc(S(=O)(=O)Cl)c2cc(F)ccc21. The standard InChI is InChI=1S/C12H11ClFNO2S/c1-2-3-6-15-8-12(18(13,16)17)10-7-9(14)4-5-11(10)15/h2-5,7-8H,6H2,1H3/b3-2+. The summed E-state index contributed by atoms with van der Waals surface area (Å²) in [5.41, 5.74) is 0.633. The molecule has 0 N–H and O–H groups in total. The van der Waals surface area contributed by atoms with Gasteiger partial charge in [-0.3, -0.25) is 0 Å². The summed E-state index contributed by atoms with van der Waals surface area (Å²) < 4.78 is 37.8. The summed E-state index contributed by atoms with van der Waals surface area (Å²) >= 11 is 0. The Hall–Kier alpha value is -1.33. The zero-order valence-electron chi connectivity index (χ0n) is 9.60. The summed E-state index contributed by atoms with van der Waals surface area (Å²) in [7, 11) is 1.47. The van der Waals surface area contributed by atoms with Gasteiger partial charge in [0.25, 0.3) is 9.05 Å². The van der Waals surface area contributed by atoms with Gasteiger partial charge in [0, 0.05) is 34.3 Å². The number of nitrogens with zero attached hydrogens (tertiary/aromatic N) is 1. The van der Waals surface area contributed by atoms with Gasteiger partial charge in [-0.25, -0.2) is 12.8 Å². The molecule has 96 valence electrons. The number of benzene rings is 1. The number of rotatable bonds is 3. The number of aromatic nitrogens is 1. The third kappa shape index (κ3) is 2.42. The highest BCUT2D eigenvalue weighted by atomic mass is 35.7. The molecule has 0 amide bonds. The molecule has 0 atom stereocenters. The van der Waals surface area contributed by atoms with Crippen LogP contribution in [0.4, 0.5) is 4.39 Å². The van der Waals surface area contributed by atoms with Gasteiger partial charge in [-0.1, -0.05) is 12.2 Å². The number of fused-ring (bicyclic) bond motifs is 1. The van der Waals surface area contributed by atoms with Crippen LogP contribution < -0.4 is 0 Å². The van der Waals surface area contributed by atoms with Crippen molar-refractivity contribution in [3.8, 4) is 0 Å². The lowest BCUT2D eigenvalue weighted by molar-refractivity contribution is 0.610. The number of halogens is 2. The van der Waals surface area contributed by atoms with Crippen molar-refractivity contribution in [1.82, 2.24) is 4.57 Å². The van der Waals surface area contributed by atoms with E-state index in [-0.39, 0.29) is 4.90 Å². The molecule has 2 aromatic rings. The predicted octanol–water partition coefficient (Wildman–Crippen LogP) is 3.28. The smallest absolute Gasteiger partial charge is 0.263 e. The molecule has 0 saturated carbocycles. The molecule has 3 nitrogen and oxygen atoms in total. The molecule has 1 aromatic heterocycles. The Morgan fingerprint density at radius 1 is 1.44 bits per heavy atom. The molecule has 0 fully saturated rings. The van der Waals surface area contributed by atoms with E-state index >= 15 is 0 Å². The van der Waals surface area contributed by atoms with Crippen molar-refractivity contribution in [3.05, 3.63) is 42.4 Å². The molecule has 0 aliphatic heterocycles. The monoisotopic (exact) mass is 287 g/mol. The second-order valence-electron chi connectivity index (χ2n) is 3.81. The highest BCUT2D eigenvalue weighted by molar-refractivity contribution is 8.14. The van der Waals surface area contributed by atoms with Gasteiger partial charge in [-0.2, -0.15) is 0 Å². The van der Waals surface area contributed by atoms with Crippen molar-refractivity contribution in [2.24, 2.45) is 0 Å². The molecule has 0 unspecified atom stereocenters. The van der Waals surface area contributed by atoms with Crippen LogP contribution in [-0.4, -0.2) is 13.0 Å². The quantitative estimate of drug-likeness (QED) is 0.642. The molecule has 1 aromatic carbocycles. The first-order valence-electron chi connectivity index (χ1n) is 5.27. The molecule has 1 heterocycles. The lowest BCUT2D eigenvalue weighted by Gasteiger charge is -2.00. The second kappa shape index (κ2) is 4.74. The summed E-state index contributed by atoms with van der Waals surface area (Å²) in [5, 5.41) is 0.300. The van der Waals surface area contributed by atoms with Gasteiger partial charge < -0.3 is 4.57 Å². The number of hydrogen-bond donors (Lipinski definition) is 0. The van der Waals surface area contributed by atoms with E-state index in [1.165, 1.54) is 18.3 Å². The third-order valence-electron chi connectivity index (χ3n) is 2.61. The van der Waals surface area contributed by atoms with E-state index < -0.39 is 14.9 Å². The van der Waals surface area contributed by atoms with Crippen LogP contribution in [0, 0.1) is 5.82 Å². The molecule has 0 aliphatic carbocycles. The predicted molar refractivity (Wildman–Crippen MR) is 69.7 cm³/mol. The summed E-state index contributed by atoms with van der Waals surface area (Å²) in [6, 6.07) is 4.01. The molecule has 2 rings (SSSR count). The average Bonchev–Trinajstić information content (AvgIpc) is 2.64. The minimum absolute atomic E-state index is 0.0665. The van der Waals surface area contributed by atoms with Gasteiger partial charge in [-0.05, 0) is 25.1 Å². The van der Waals surface area contributed by atoms with Crippen LogP contribution in [0.5, 0.6) is 0 Å². The van der Waals surface area contributed by atoms with Gasteiger partial charge in [0.2, 0.25) is 0 Å². The molecule has 0 aliphatic rings. The molecular weight excluding hydrogens is 277 g/mol. The van der Waals surface area contributed by atoms with Crippen LogP contribution in [-0.2, 0) is 15.6 Å². The van der Waals surface area contributed by atoms with Crippen molar-refractivity contribution in [1.29, 1.82) is 0 Å². The van der Waals surface area contributed by atoms with E-state index in [0.717, 1.165) is 0 Å². The van der Waals surface area contributed by atoms with Crippen molar-refractivity contribution < 1.29 is 12.8 Å². The highest BCUT2D eigenvalue weighted by Gasteiger charge is 2.18. The van der Waals surface area contributed by atoms with E-state index in [1.807, 2.05) is 19.1 Å². The van der Waals surface area contributed by atoms with Gasteiger partial charge in [0.1, 0.15) is 10.7 Å². The molecular formula is C12H11ClFNO2S. The summed E-state index contributed by atoms with van der Waals surface area (Å²) in [5.74, 6) is -0.493. The maximum Gasteiger partial charge on any atom is 0.263 e. The lowest BCUT2D eigenvalue weighted by atomic mass is 10.2. The molecule has 0 radical (unpaired) electrons. The van der Waals surface area contributed by atoms with Crippen molar-refractivity contribution in [2.45, 2.75) is 18.4 Å². The first-order valence-corrected chi connectivity index (χ1v) is 7.58. The van der Waals surface area contributed by atoms with Crippen LogP contribution >= 0.6 is 10.7 Å². The number of hydrogen-bond acceptors (Lipinski definition) is 2. The zero-order chi connectivity index (χ0) is 13.3. The Kier molecular flexibility index (Phi) is 3.45. The molecule has 0 bridgehead atoms. The van der Waals surface area contributed by atoms with Crippen molar-refractivity contribution in [2.75, 3.05) is 0 Å². The summed E-state index contributed by atoms with van der Waals surface area (Å²) in [4.78, 5) is -0.0665. The van der Waals surface area contributed by atoms with Gasteiger partial charge in [0.05, 0.1) is 0 Å². The average molecular weight is 288 g/mol. The van der Waals surface area contributed by atoms with Crippen LogP contribution in [0.3, 0.4) is 0 Å². The van der Waals surface area contributed by atoms with Gasteiger partial charge in [-0.15, -0.1) is 0 Å². The minimum atomic E-state index is -3.89. The fraction of sp³-hybridized carbons (Fsp3) is 0.167. The topological polar surface area (TPSA) is 39.1 Å². The zero-order valence-corrected chi connectivity index (χ0v) is 11.2. The van der Waals surface area contributed by atoms with E-state index in [4.69, 9.17) is 10.7 Å². The minimum Gasteiger partial charge on any atom is -0.342 e. The Balaban J connectivity index is 2.75. The molecule has 18 heavy (non-hydrogen) atoms. The fourth-order valence-corrected chi connectivity index (χ4v) is 2.85.